The van der Waals surface area contributed by atoms with Crippen LogP contribution in [0.2, 0.25) is 0 Å². The molecule has 18 heavy (non-hydrogen) atoms. The first kappa shape index (κ1) is 15.2. The van der Waals surface area contributed by atoms with Gasteiger partial charge >= 0.3 is 0 Å². The molecule has 0 aliphatic carbocycles. The molecule has 0 saturated carbocycles. The summed E-state index contributed by atoms with van der Waals surface area (Å²) < 4.78 is 7.26. The molecule has 0 radical (unpaired) electrons. The predicted molar refractivity (Wildman–Crippen MR) is 74.9 cm³/mol. The standard InChI is InChI=1S/C14H27N3O/c1-4-13-12(8-9-15)14(5-2)17(16-13)10-6-7-11-18-3/h4-11,15H2,1-3H3. The molecule has 2 N–H and O–H groups in total. The van der Waals surface area contributed by atoms with Crippen LogP contribution in [-0.4, -0.2) is 30.0 Å². The number of aryl methyl sites for hydroxylation is 2. The van der Waals surface area contributed by atoms with Crippen LogP contribution in [-0.2, 0) is 30.5 Å². The molecule has 4 heteroatoms. The first-order chi connectivity index (χ1) is 8.78. The van der Waals surface area contributed by atoms with Crippen molar-refractivity contribution in [1.29, 1.82) is 0 Å². The molecule has 1 rings (SSSR count). The van der Waals surface area contributed by atoms with E-state index in [9.17, 15) is 0 Å². The molecule has 0 fully saturated rings. The van der Waals surface area contributed by atoms with Gasteiger partial charge in [-0.25, -0.2) is 0 Å². The van der Waals surface area contributed by atoms with E-state index in [1.165, 1.54) is 17.0 Å². The van der Waals surface area contributed by atoms with E-state index >= 15 is 0 Å². The number of hydrogen-bond donors (Lipinski definition) is 1. The zero-order chi connectivity index (χ0) is 13.4. The number of methoxy groups -OCH3 is 1. The van der Waals surface area contributed by atoms with E-state index in [4.69, 9.17) is 15.6 Å². The van der Waals surface area contributed by atoms with Crippen LogP contribution in [0.25, 0.3) is 0 Å². The number of nitrogens with two attached hydrogens (primary N) is 1. The monoisotopic (exact) mass is 253 g/mol. The molecule has 0 atom stereocenters. The Labute approximate surface area is 111 Å². The molecule has 1 heterocycles. The smallest absolute Gasteiger partial charge is 0.0657 e. The summed E-state index contributed by atoms with van der Waals surface area (Å²) in [5.41, 5.74) is 9.68. The van der Waals surface area contributed by atoms with Crippen LogP contribution in [0.1, 0.15) is 43.6 Å². The number of nitrogens with zero attached hydrogens (tertiary/aromatic N) is 2. The first-order valence-electron chi connectivity index (χ1n) is 7.04. The topological polar surface area (TPSA) is 53.1 Å². The molecule has 0 unspecified atom stereocenters. The maximum atomic E-state index is 5.70. The average molecular weight is 253 g/mol. The number of unbranched alkanes of at least 4 members (excludes halogenated alkanes) is 1. The molecule has 1 aromatic heterocycles. The minimum Gasteiger partial charge on any atom is -0.385 e. The largest absolute Gasteiger partial charge is 0.385 e. The highest BCUT2D eigenvalue weighted by Crippen LogP contribution is 2.17. The van der Waals surface area contributed by atoms with Crippen molar-refractivity contribution in [3.8, 4) is 0 Å². The van der Waals surface area contributed by atoms with Crippen molar-refractivity contribution in [3.63, 3.8) is 0 Å². The summed E-state index contributed by atoms with van der Waals surface area (Å²) in [5.74, 6) is 0. The molecule has 0 aromatic carbocycles. The normalized spacial score (nSPS) is 11.1. The molecular weight excluding hydrogens is 226 g/mol. The highest BCUT2D eigenvalue weighted by atomic mass is 16.5. The van der Waals surface area contributed by atoms with Crippen molar-refractivity contribution < 1.29 is 4.74 Å². The lowest BCUT2D eigenvalue weighted by Gasteiger charge is -2.07. The first-order valence-corrected chi connectivity index (χ1v) is 7.04. The molecule has 4 nitrogen and oxygen atoms in total. The Balaban J connectivity index is 2.76. The third-order valence-electron chi connectivity index (χ3n) is 3.28. The van der Waals surface area contributed by atoms with Gasteiger partial charge in [-0.1, -0.05) is 13.8 Å². The number of ether oxygens (including phenoxy) is 1. The number of hydrogen-bond acceptors (Lipinski definition) is 3. The van der Waals surface area contributed by atoms with Crippen molar-refractivity contribution in [3.05, 3.63) is 17.0 Å². The predicted octanol–water partition coefficient (Wildman–Crippen LogP) is 1.94. The van der Waals surface area contributed by atoms with Crippen LogP contribution >= 0.6 is 0 Å². The summed E-state index contributed by atoms with van der Waals surface area (Å²) in [4.78, 5) is 0. The van der Waals surface area contributed by atoms with Gasteiger partial charge in [-0.3, -0.25) is 4.68 Å². The summed E-state index contributed by atoms with van der Waals surface area (Å²) in [7, 11) is 1.75. The minimum absolute atomic E-state index is 0.704. The van der Waals surface area contributed by atoms with Crippen molar-refractivity contribution in [2.75, 3.05) is 20.3 Å². The second kappa shape index (κ2) is 8.27. The van der Waals surface area contributed by atoms with E-state index in [1.807, 2.05) is 0 Å². The van der Waals surface area contributed by atoms with Gasteiger partial charge in [0, 0.05) is 26.0 Å². The van der Waals surface area contributed by atoms with Gasteiger partial charge in [0.05, 0.1) is 5.69 Å². The van der Waals surface area contributed by atoms with E-state index in [-0.39, 0.29) is 0 Å². The zero-order valence-corrected chi connectivity index (χ0v) is 12.0. The van der Waals surface area contributed by atoms with E-state index in [0.29, 0.717) is 6.54 Å². The minimum atomic E-state index is 0.704. The molecule has 104 valence electrons. The van der Waals surface area contributed by atoms with Gasteiger partial charge in [0.2, 0.25) is 0 Å². The fourth-order valence-corrected chi connectivity index (χ4v) is 2.39. The van der Waals surface area contributed by atoms with Crippen LogP contribution in [0.15, 0.2) is 0 Å². The molecular formula is C14H27N3O. The van der Waals surface area contributed by atoms with Gasteiger partial charge in [0.1, 0.15) is 0 Å². The zero-order valence-electron chi connectivity index (χ0n) is 12.0. The molecule has 0 saturated heterocycles. The summed E-state index contributed by atoms with van der Waals surface area (Å²) in [6.07, 6.45) is 5.19. The van der Waals surface area contributed by atoms with Gasteiger partial charge in [-0.05, 0) is 44.2 Å². The summed E-state index contributed by atoms with van der Waals surface area (Å²) in [6.45, 7) is 6.89. The van der Waals surface area contributed by atoms with Crippen LogP contribution < -0.4 is 5.73 Å². The van der Waals surface area contributed by atoms with Crippen molar-refractivity contribution in [2.24, 2.45) is 5.73 Å². The van der Waals surface area contributed by atoms with E-state index in [0.717, 1.165) is 45.3 Å². The maximum Gasteiger partial charge on any atom is 0.0657 e. The SMILES string of the molecule is CCc1nn(CCCCOC)c(CC)c1CCN. The fraction of sp³-hybridized carbons (Fsp3) is 0.786. The average Bonchev–Trinajstić information content (AvgIpc) is 2.72. The maximum absolute atomic E-state index is 5.70. The Morgan fingerprint density at radius 1 is 1.22 bits per heavy atom. The van der Waals surface area contributed by atoms with E-state index in [1.54, 1.807) is 7.11 Å². The lowest BCUT2D eigenvalue weighted by molar-refractivity contribution is 0.191. The van der Waals surface area contributed by atoms with Gasteiger partial charge < -0.3 is 10.5 Å². The lowest BCUT2D eigenvalue weighted by atomic mass is 10.1. The van der Waals surface area contributed by atoms with Gasteiger partial charge in [0.15, 0.2) is 0 Å². The second-order valence-corrected chi connectivity index (χ2v) is 4.54. The highest BCUT2D eigenvalue weighted by molar-refractivity contribution is 5.27. The van der Waals surface area contributed by atoms with Crippen LogP contribution in [0, 0.1) is 0 Å². The Morgan fingerprint density at radius 3 is 2.56 bits per heavy atom. The number of aromatic nitrogens is 2. The van der Waals surface area contributed by atoms with Crippen LogP contribution in [0.4, 0.5) is 0 Å². The van der Waals surface area contributed by atoms with E-state index in [2.05, 4.69) is 18.5 Å². The van der Waals surface area contributed by atoms with Crippen LogP contribution in [0.3, 0.4) is 0 Å². The third kappa shape index (κ3) is 3.82. The Hall–Kier alpha value is -0.870. The Kier molecular flexibility index (Phi) is 6.98. The van der Waals surface area contributed by atoms with Crippen molar-refractivity contribution in [2.45, 2.75) is 52.5 Å². The lowest BCUT2D eigenvalue weighted by Crippen LogP contribution is -2.08. The summed E-state index contributed by atoms with van der Waals surface area (Å²) in [6, 6.07) is 0. The second-order valence-electron chi connectivity index (χ2n) is 4.54. The van der Waals surface area contributed by atoms with Crippen molar-refractivity contribution >= 4 is 0 Å². The molecule has 0 aliphatic heterocycles. The molecule has 0 aliphatic rings. The van der Waals surface area contributed by atoms with Gasteiger partial charge in [0.25, 0.3) is 0 Å². The Bertz CT molecular complexity index is 347. The molecule has 0 spiro atoms. The third-order valence-corrected chi connectivity index (χ3v) is 3.28. The molecule has 0 amide bonds. The van der Waals surface area contributed by atoms with Crippen LogP contribution in [0.5, 0.6) is 0 Å². The molecule has 0 bridgehead atoms. The van der Waals surface area contributed by atoms with E-state index < -0.39 is 0 Å². The molecule has 1 aromatic rings. The summed E-state index contributed by atoms with van der Waals surface area (Å²) >= 11 is 0. The number of rotatable bonds is 9. The van der Waals surface area contributed by atoms with Crippen molar-refractivity contribution in [1.82, 2.24) is 9.78 Å². The van der Waals surface area contributed by atoms with Gasteiger partial charge in [-0.2, -0.15) is 5.10 Å². The quantitative estimate of drug-likeness (QED) is 0.684. The van der Waals surface area contributed by atoms with Gasteiger partial charge in [-0.15, -0.1) is 0 Å². The highest BCUT2D eigenvalue weighted by Gasteiger charge is 2.14. The fourth-order valence-electron chi connectivity index (χ4n) is 2.39. The summed E-state index contributed by atoms with van der Waals surface area (Å²) in [5, 5.41) is 4.74. The Morgan fingerprint density at radius 2 is 2.00 bits per heavy atom.